The molecule has 3 aromatic rings. The maximum absolute atomic E-state index is 12.4. The summed E-state index contributed by atoms with van der Waals surface area (Å²) < 4.78 is 15.7. The van der Waals surface area contributed by atoms with Crippen LogP contribution in [0.25, 0.3) is 0 Å². The van der Waals surface area contributed by atoms with Crippen molar-refractivity contribution in [2.24, 2.45) is 0 Å². The van der Waals surface area contributed by atoms with Crippen molar-refractivity contribution in [3.63, 3.8) is 0 Å². The monoisotopic (exact) mass is 363 g/mol. The number of benzene rings is 2. The summed E-state index contributed by atoms with van der Waals surface area (Å²) in [6, 6.07) is 19.0. The van der Waals surface area contributed by atoms with Gasteiger partial charge in [-0.25, -0.2) is 14.6 Å². The molecule has 1 aromatic heterocycles. The molecule has 2 aromatic carbocycles. The van der Waals surface area contributed by atoms with Crippen molar-refractivity contribution in [2.45, 2.75) is 6.61 Å². The highest BCUT2D eigenvalue weighted by Crippen LogP contribution is 2.24. The number of hydrogen-bond donors (Lipinski definition) is 0. The highest BCUT2D eigenvalue weighted by Gasteiger charge is 2.16. The Balaban J connectivity index is 1.76. The molecule has 0 aliphatic heterocycles. The fourth-order valence-electron chi connectivity index (χ4n) is 2.34. The number of nitrogens with zero attached hydrogens (tertiary/aromatic N) is 1. The quantitative estimate of drug-likeness (QED) is 0.616. The molecule has 0 unspecified atom stereocenters. The molecule has 0 aliphatic carbocycles. The van der Waals surface area contributed by atoms with E-state index in [1.807, 2.05) is 30.3 Å². The van der Waals surface area contributed by atoms with Crippen LogP contribution in [0.3, 0.4) is 0 Å². The molecule has 0 bridgehead atoms. The average molecular weight is 363 g/mol. The minimum absolute atomic E-state index is 0.0950. The van der Waals surface area contributed by atoms with E-state index in [1.54, 1.807) is 30.3 Å². The highest BCUT2D eigenvalue weighted by atomic mass is 16.5. The molecule has 0 amide bonds. The van der Waals surface area contributed by atoms with Gasteiger partial charge in [-0.3, -0.25) is 0 Å². The predicted molar refractivity (Wildman–Crippen MR) is 97.7 cm³/mol. The van der Waals surface area contributed by atoms with Gasteiger partial charge in [0, 0.05) is 6.20 Å². The maximum atomic E-state index is 12.4. The molecule has 0 saturated carbocycles. The molecule has 0 fully saturated rings. The summed E-state index contributed by atoms with van der Waals surface area (Å²) in [5, 5.41) is 0. The van der Waals surface area contributed by atoms with Crippen LogP contribution in [-0.4, -0.2) is 24.0 Å². The van der Waals surface area contributed by atoms with E-state index in [4.69, 9.17) is 14.2 Å². The van der Waals surface area contributed by atoms with Crippen molar-refractivity contribution in [2.75, 3.05) is 7.11 Å². The Morgan fingerprint density at radius 2 is 1.74 bits per heavy atom. The van der Waals surface area contributed by atoms with E-state index in [2.05, 4.69) is 4.98 Å². The summed E-state index contributed by atoms with van der Waals surface area (Å²) in [7, 11) is 1.30. The lowest BCUT2D eigenvalue weighted by Crippen LogP contribution is -2.08. The molecule has 27 heavy (non-hydrogen) atoms. The molecule has 0 aliphatic rings. The van der Waals surface area contributed by atoms with Crippen LogP contribution in [0.1, 0.15) is 26.3 Å². The van der Waals surface area contributed by atoms with E-state index < -0.39 is 11.9 Å². The van der Waals surface area contributed by atoms with Crippen molar-refractivity contribution in [1.82, 2.24) is 4.98 Å². The van der Waals surface area contributed by atoms with Crippen LogP contribution in [0.4, 0.5) is 0 Å². The third kappa shape index (κ3) is 4.70. The first-order chi connectivity index (χ1) is 13.2. The second kappa shape index (κ2) is 8.62. The molecule has 6 nitrogen and oxygen atoms in total. The summed E-state index contributed by atoms with van der Waals surface area (Å²) in [5.41, 5.74) is 1.40. The minimum Gasteiger partial charge on any atom is -0.465 e. The van der Waals surface area contributed by atoms with Gasteiger partial charge < -0.3 is 14.2 Å². The first-order valence-electron chi connectivity index (χ1n) is 8.19. The van der Waals surface area contributed by atoms with Gasteiger partial charge >= 0.3 is 11.9 Å². The van der Waals surface area contributed by atoms with Crippen molar-refractivity contribution >= 4 is 11.9 Å². The van der Waals surface area contributed by atoms with Crippen LogP contribution in [0.15, 0.2) is 72.9 Å². The Morgan fingerprint density at radius 3 is 2.52 bits per heavy atom. The van der Waals surface area contributed by atoms with E-state index in [9.17, 15) is 9.59 Å². The normalized spacial score (nSPS) is 10.1. The minimum atomic E-state index is -0.550. The lowest BCUT2D eigenvalue weighted by molar-refractivity contribution is 0.0468. The van der Waals surface area contributed by atoms with Crippen molar-refractivity contribution in [1.29, 1.82) is 0 Å². The Labute approximate surface area is 156 Å². The number of rotatable bonds is 6. The zero-order valence-corrected chi connectivity index (χ0v) is 14.6. The maximum Gasteiger partial charge on any atom is 0.344 e. The highest BCUT2D eigenvalue weighted by molar-refractivity contribution is 5.92. The lowest BCUT2D eigenvalue weighted by Gasteiger charge is -2.10. The number of esters is 2. The van der Waals surface area contributed by atoms with Gasteiger partial charge in [0.15, 0.2) is 0 Å². The van der Waals surface area contributed by atoms with E-state index in [0.29, 0.717) is 11.3 Å². The van der Waals surface area contributed by atoms with Gasteiger partial charge in [-0.05, 0) is 35.9 Å². The number of ether oxygens (including phenoxy) is 3. The molecule has 0 radical (unpaired) electrons. The standard InChI is InChI=1S/C21H17NO5/c1-25-20(23)16-9-5-10-17(13-16)27-19-18(11-6-12-22-19)21(24)26-14-15-7-3-2-4-8-15/h2-13H,14H2,1H3. The summed E-state index contributed by atoms with van der Waals surface area (Å²) in [4.78, 5) is 28.2. The van der Waals surface area contributed by atoms with Crippen molar-refractivity contribution in [3.05, 3.63) is 89.6 Å². The fraction of sp³-hybridized carbons (Fsp3) is 0.0952. The SMILES string of the molecule is COC(=O)c1cccc(Oc2ncccc2C(=O)OCc2ccccc2)c1. The molecule has 3 rings (SSSR count). The second-order valence-corrected chi connectivity index (χ2v) is 5.54. The first-order valence-corrected chi connectivity index (χ1v) is 8.19. The molecule has 0 spiro atoms. The molecule has 0 N–H and O–H groups in total. The van der Waals surface area contributed by atoms with Gasteiger partial charge in [-0.1, -0.05) is 36.4 Å². The first kappa shape index (κ1) is 18.1. The van der Waals surface area contributed by atoms with Crippen LogP contribution in [0, 0.1) is 0 Å². The molecule has 0 atom stereocenters. The van der Waals surface area contributed by atoms with E-state index in [0.717, 1.165) is 5.56 Å². The number of methoxy groups -OCH3 is 1. The fourth-order valence-corrected chi connectivity index (χ4v) is 2.34. The second-order valence-electron chi connectivity index (χ2n) is 5.54. The summed E-state index contributed by atoms with van der Waals surface area (Å²) >= 11 is 0. The molecular weight excluding hydrogens is 346 g/mol. The van der Waals surface area contributed by atoms with Gasteiger partial charge in [-0.15, -0.1) is 0 Å². The number of aromatic nitrogens is 1. The van der Waals surface area contributed by atoms with Gasteiger partial charge in [-0.2, -0.15) is 0 Å². The summed E-state index contributed by atoms with van der Waals surface area (Å²) in [5.74, 6) is -0.582. The van der Waals surface area contributed by atoms with E-state index >= 15 is 0 Å². The molecule has 6 heteroatoms. The summed E-state index contributed by atoms with van der Waals surface area (Å²) in [6.45, 7) is 0.145. The van der Waals surface area contributed by atoms with Gasteiger partial charge in [0.2, 0.25) is 5.88 Å². The number of carbonyl (C=O) groups is 2. The number of pyridine rings is 1. The zero-order valence-electron chi connectivity index (χ0n) is 14.6. The van der Waals surface area contributed by atoms with E-state index in [1.165, 1.54) is 19.4 Å². The molecule has 0 saturated heterocycles. The topological polar surface area (TPSA) is 74.7 Å². The summed E-state index contributed by atoms with van der Waals surface area (Å²) in [6.07, 6.45) is 1.51. The Morgan fingerprint density at radius 1 is 0.926 bits per heavy atom. The smallest absolute Gasteiger partial charge is 0.344 e. The van der Waals surface area contributed by atoms with Crippen molar-refractivity contribution < 1.29 is 23.8 Å². The zero-order chi connectivity index (χ0) is 19.1. The molecular formula is C21H17NO5. The number of hydrogen-bond acceptors (Lipinski definition) is 6. The van der Waals surface area contributed by atoms with E-state index in [-0.39, 0.29) is 18.1 Å². The average Bonchev–Trinajstić information content (AvgIpc) is 2.73. The van der Waals surface area contributed by atoms with Crippen LogP contribution >= 0.6 is 0 Å². The van der Waals surface area contributed by atoms with Crippen LogP contribution in [0.2, 0.25) is 0 Å². The Bertz CT molecular complexity index is 940. The molecule has 1 heterocycles. The Hall–Kier alpha value is -3.67. The van der Waals surface area contributed by atoms with Gasteiger partial charge in [0.05, 0.1) is 12.7 Å². The largest absolute Gasteiger partial charge is 0.465 e. The third-order valence-electron chi connectivity index (χ3n) is 3.67. The lowest BCUT2D eigenvalue weighted by atomic mass is 10.2. The predicted octanol–water partition coefficient (Wildman–Crippen LogP) is 4.02. The number of carbonyl (C=O) groups excluding carboxylic acids is 2. The third-order valence-corrected chi connectivity index (χ3v) is 3.67. The molecule has 136 valence electrons. The Kier molecular flexibility index (Phi) is 5.79. The van der Waals surface area contributed by atoms with Gasteiger partial charge in [0.25, 0.3) is 0 Å². The van der Waals surface area contributed by atoms with Crippen LogP contribution < -0.4 is 4.74 Å². The van der Waals surface area contributed by atoms with Crippen LogP contribution in [0.5, 0.6) is 11.6 Å². The van der Waals surface area contributed by atoms with Crippen molar-refractivity contribution in [3.8, 4) is 11.6 Å². The van der Waals surface area contributed by atoms with Crippen LogP contribution in [-0.2, 0) is 16.1 Å². The van der Waals surface area contributed by atoms with Gasteiger partial charge in [0.1, 0.15) is 17.9 Å².